The Labute approximate surface area is 142 Å². The third-order valence-corrected chi connectivity index (χ3v) is 5.64. The molecule has 0 aromatic carbocycles. The largest absolute Gasteiger partial charge is 0.465 e. The monoisotopic (exact) mass is 335 g/mol. The fourth-order valence-electron chi connectivity index (χ4n) is 4.45. The summed E-state index contributed by atoms with van der Waals surface area (Å²) in [6, 6.07) is 0. The van der Waals surface area contributed by atoms with Crippen molar-refractivity contribution in [1.82, 2.24) is 4.90 Å². The lowest BCUT2D eigenvalue weighted by Crippen LogP contribution is -2.40. The average molecular weight is 335 g/mol. The predicted octanol–water partition coefficient (Wildman–Crippen LogP) is 1.29. The first kappa shape index (κ1) is 16.1. The number of rotatable bonds is 6. The van der Waals surface area contributed by atoms with E-state index in [1.807, 2.05) is 17.1 Å². The Morgan fingerprint density at radius 3 is 3.12 bits per heavy atom. The lowest BCUT2D eigenvalue weighted by molar-refractivity contribution is -0.154. The molecule has 1 amide bonds. The Balaban J connectivity index is 1.48. The molecule has 0 aromatic rings. The molecular weight excluding hydrogens is 310 g/mol. The summed E-state index contributed by atoms with van der Waals surface area (Å²) in [6.45, 7) is 4.34. The summed E-state index contributed by atoms with van der Waals surface area (Å²) in [4.78, 5) is 27.3. The van der Waals surface area contributed by atoms with Crippen molar-refractivity contribution < 1.29 is 23.8 Å². The van der Waals surface area contributed by atoms with Gasteiger partial charge in [0.15, 0.2) is 0 Å². The smallest absolute Gasteiger partial charge is 0.312 e. The van der Waals surface area contributed by atoms with Gasteiger partial charge in [0.05, 0.1) is 31.3 Å². The number of esters is 1. The summed E-state index contributed by atoms with van der Waals surface area (Å²) < 4.78 is 17.1. The van der Waals surface area contributed by atoms with E-state index in [1.54, 1.807) is 0 Å². The van der Waals surface area contributed by atoms with Crippen LogP contribution in [0.5, 0.6) is 0 Å². The normalized spacial score (nSPS) is 39.7. The molecule has 0 N–H and O–H groups in total. The highest BCUT2D eigenvalue weighted by Crippen LogP contribution is 2.52. The second-order valence-corrected chi connectivity index (χ2v) is 7.27. The third kappa shape index (κ3) is 2.47. The van der Waals surface area contributed by atoms with Crippen LogP contribution in [0.4, 0.5) is 0 Å². The summed E-state index contributed by atoms with van der Waals surface area (Å²) in [5.41, 5.74) is -0.644. The van der Waals surface area contributed by atoms with Gasteiger partial charge in [0.2, 0.25) is 5.91 Å². The Morgan fingerprint density at radius 1 is 1.50 bits per heavy atom. The molecule has 4 aliphatic rings. The molecule has 0 radical (unpaired) electrons. The Morgan fingerprint density at radius 2 is 2.38 bits per heavy atom. The molecule has 4 heterocycles. The maximum atomic E-state index is 13.0. The van der Waals surface area contributed by atoms with Crippen LogP contribution in [0.1, 0.15) is 32.6 Å². The highest BCUT2D eigenvalue weighted by molar-refractivity contribution is 5.91. The van der Waals surface area contributed by atoms with Crippen LogP contribution in [0.15, 0.2) is 12.2 Å². The molecule has 0 aliphatic carbocycles. The molecule has 3 fully saturated rings. The molecule has 1 spiro atoms. The zero-order valence-electron chi connectivity index (χ0n) is 14.1. The molecule has 6 heteroatoms. The summed E-state index contributed by atoms with van der Waals surface area (Å²) in [6.07, 6.45) is 7.54. The zero-order valence-corrected chi connectivity index (χ0v) is 14.1. The number of carbonyl (C=O) groups excluding carboxylic acids is 2. The molecule has 4 rings (SSSR count). The summed E-state index contributed by atoms with van der Waals surface area (Å²) in [5, 5.41) is 0. The van der Waals surface area contributed by atoms with Crippen molar-refractivity contribution in [2.24, 2.45) is 11.8 Å². The van der Waals surface area contributed by atoms with Gasteiger partial charge in [-0.05, 0) is 19.3 Å². The number of carbonyl (C=O) groups is 2. The van der Waals surface area contributed by atoms with Gasteiger partial charge in [-0.15, -0.1) is 0 Å². The highest BCUT2D eigenvalue weighted by Gasteiger charge is 2.67. The van der Waals surface area contributed by atoms with Crippen LogP contribution in [0.2, 0.25) is 0 Å². The lowest BCUT2D eigenvalue weighted by Gasteiger charge is -2.23. The van der Waals surface area contributed by atoms with Crippen LogP contribution in [-0.4, -0.2) is 60.9 Å². The van der Waals surface area contributed by atoms with E-state index in [1.165, 1.54) is 0 Å². The summed E-state index contributed by atoms with van der Waals surface area (Å²) in [7, 11) is 0. The third-order valence-electron chi connectivity index (χ3n) is 5.64. The van der Waals surface area contributed by atoms with Crippen LogP contribution in [0.25, 0.3) is 0 Å². The van der Waals surface area contributed by atoms with Gasteiger partial charge in [0.1, 0.15) is 11.5 Å². The Kier molecular flexibility index (Phi) is 4.12. The molecule has 132 valence electrons. The molecule has 3 saturated heterocycles. The minimum Gasteiger partial charge on any atom is -0.465 e. The maximum Gasteiger partial charge on any atom is 0.312 e. The van der Waals surface area contributed by atoms with Crippen LogP contribution in [-0.2, 0) is 23.8 Å². The molecule has 4 aliphatic heterocycles. The fraction of sp³-hybridized carbons (Fsp3) is 0.778. The minimum atomic E-state index is -0.644. The second kappa shape index (κ2) is 6.15. The van der Waals surface area contributed by atoms with Crippen molar-refractivity contribution in [2.75, 3.05) is 26.3 Å². The van der Waals surface area contributed by atoms with Gasteiger partial charge >= 0.3 is 5.97 Å². The van der Waals surface area contributed by atoms with E-state index in [0.29, 0.717) is 19.7 Å². The van der Waals surface area contributed by atoms with Gasteiger partial charge in [-0.1, -0.05) is 25.5 Å². The van der Waals surface area contributed by atoms with E-state index < -0.39 is 17.4 Å². The van der Waals surface area contributed by atoms with Crippen LogP contribution < -0.4 is 0 Å². The lowest BCUT2D eigenvalue weighted by atomic mass is 9.77. The Bertz CT molecular complexity index is 556. The fourth-order valence-corrected chi connectivity index (χ4v) is 4.45. The van der Waals surface area contributed by atoms with Crippen molar-refractivity contribution in [2.45, 2.75) is 50.4 Å². The molecule has 2 bridgehead atoms. The van der Waals surface area contributed by atoms with Crippen molar-refractivity contribution in [3.05, 3.63) is 12.2 Å². The number of amides is 1. The second-order valence-electron chi connectivity index (χ2n) is 7.27. The van der Waals surface area contributed by atoms with Gasteiger partial charge in [0.25, 0.3) is 0 Å². The number of hydrogen-bond donors (Lipinski definition) is 0. The molecule has 24 heavy (non-hydrogen) atoms. The molecule has 5 atom stereocenters. The predicted molar refractivity (Wildman–Crippen MR) is 85.1 cm³/mol. The van der Waals surface area contributed by atoms with E-state index in [-0.39, 0.29) is 24.1 Å². The first-order valence-electron chi connectivity index (χ1n) is 9.09. The summed E-state index contributed by atoms with van der Waals surface area (Å²) >= 11 is 0. The first-order chi connectivity index (χ1) is 11.6. The summed E-state index contributed by atoms with van der Waals surface area (Å²) in [5.74, 6) is -1.23. The Hall–Kier alpha value is -1.40. The van der Waals surface area contributed by atoms with E-state index in [4.69, 9.17) is 14.2 Å². The number of ether oxygens (including phenoxy) is 3. The number of fused-ring (bicyclic) bond motifs is 1. The van der Waals surface area contributed by atoms with Crippen LogP contribution in [0.3, 0.4) is 0 Å². The van der Waals surface area contributed by atoms with E-state index in [2.05, 4.69) is 6.92 Å². The molecule has 0 aromatic heterocycles. The number of likely N-dealkylation sites (tertiary alicyclic amines) is 1. The molecule has 6 nitrogen and oxygen atoms in total. The average Bonchev–Trinajstić information content (AvgIpc) is 3.31. The molecule has 0 unspecified atom stereocenters. The van der Waals surface area contributed by atoms with E-state index in [9.17, 15) is 9.59 Å². The van der Waals surface area contributed by atoms with E-state index >= 15 is 0 Å². The van der Waals surface area contributed by atoms with E-state index in [0.717, 1.165) is 32.3 Å². The topological polar surface area (TPSA) is 65.1 Å². The quantitative estimate of drug-likeness (QED) is 0.416. The van der Waals surface area contributed by atoms with Crippen molar-refractivity contribution in [3.8, 4) is 0 Å². The van der Waals surface area contributed by atoms with Gasteiger partial charge < -0.3 is 19.1 Å². The minimum absolute atomic E-state index is 0.00907. The SMILES string of the molecule is CCCCOC(=O)[C@H]1[C@@H]2C=C[C@@]3(CN(C[C@H]4CCCO4)C(=O)[C@H]13)O2. The number of nitrogens with zero attached hydrogens (tertiary/aromatic N) is 1. The standard InChI is InChI=1S/C18H25NO5/c1-2-3-8-23-17(21)14-13-6-7-18(24-13)11-19(16(20)15(14)18)10-12-5-4-9-22-12/h6-7,12-15H,2-5,8-11H2,1H3/t12-,13+,14+,15+,18+/m1/s1. The van der Waals surface area contributed by atoms with Crippen molar-refractivity contribution in [3.63, 3.8) is 0 Å². The maximum absolute atomic E-state index is 13.0. The van der Waals surface area contributed by atoms with Gasteiger partial charge in [-0.25, -0.2) is 0 Å². The van der Waals surface area contributed by atoms with Gasteiger partial charge in [-0.2, -0.15) is 0 Å². The molecular formula is C18H25NO5. The first-order valence-corrected chi connectivity index (χ1v) is 9.09. The van der Waals surface area contributed by atoms with Crippen LogP contribution in [0, 0.1) is 11.8 Å². The van der Waals surface area contributed by atoms with Crippen LogP contribution >= 0.6 is 0 Å². The highest BCUT2D eigenvalue weighted by atomic mass is 16.6. The number of hydrogen-bond acceptors (Lipinski definition) is 5. The van der Waals surface area contributed by atoms with Gasteiger partial charge in [-0.3, -0.25) is 9.59 Å². The van der Waals surface area contributed by atoms with Crippen molar-refractivity contribution in [1.29, 1.82) is 0 Å². The van der Waals surface area contributed by atoms with Crippen molar-refractivity contribution >= 4 is 11.9 Å². The molecule has 0 saturated carbocycles. The number of unbranched alkanes of at least 4 members (excludes halogenated alkanes) is 1. The van der Waals surface area contributed by atoms with Gasteiger partial charge in [0, 0.05) is 13.2 Å². The zero-order chi connectivity index (χ0) is 16.7.